The van der Waals surface area contributed by atoms with Crippen LogP contribution in [0.1, 0.15) is 26.7 Å². The van der Waals surface area contributed by atoms with Crippen LogP contribution in [0.4, 0.5) is 0 Å². The highest BCUT2D eigenvalue weighted by Crippen LogP contribution is 1.99. The summed E-state index contributed by atoms with van der Waals surface area (Å²) in [6.45, 7) is 6.70. The van der Waals surface area contributed by atoms with Crippen molar-refractivity contribution in [2.45, 2.75) is 26.7 Å². The molecule has 3 N–H and O–H groups in total. The second-order valence-electron chi connectivity index (χ2n) is 2.66. The van der Waals surface area contributed by atoms with E-state index in [0.29, 0.717) is 5.57 Å². The van der Waals surface area contributed by atoms with E-state index in [2.05, 4.69) is 17.2 Å². The van der Waals surface area contributed by atoms with Crippen LogP contribution in [0.15, 0.2) is 24.3 Å². The first-order valence-corrected chi connectivity index (χ1v) is 4.43. The number of rotatable bonds is 4. The predicted molar refractivity (Wildman–Crippen MR) is 56.8 cm³/mol. The summed E-state index contributed by atoms with van der Waals surface area (Å²) in [5.74, 6) is -1.15. The minimum absolute atomic E-state index is 0.448. The van der Waals surface area contributed by atoms with E-state index in [4.69, 9.17) is 5.26 Å². The van der Waals surface area contributed by atoms with Gasteiger partial charge in [-0.1, -0.05) is 26.0 Å². The van der Waals surface area contributed by atoms with Crippen molar-refractivity contribution in [3.8, 4) is 0 Å². The molecule has 0 fully saturated rings. The lowest BCUT2D eigenvalue weighted by atomic mass is 10.2. The van der Waals surface area contributed by atoms with Crippen molar-refractivity contribution in [3.63, 3.8) is 0 Å². The van der Waals surface area contributed by atoms with Crippen LogP contribution in [0.3, 0.4) is 0 Å². The van der Waals surface area contributed by atoms with Gasteiger partial charge in [-0.25, -0.2) is 4.79 Å². The van der Waals surface area contributed by atoms with Crippen LogP contribution in [0.25, 0.3) is 0 Å². The number of nitrogens with two attached hydrogens (primary N) is 1. The van der Waals surface area contributed by atoms with E-state index in [0.717, 1.165) is 18.9 Å². The van der Waals surface area contributed by atoms with Crippen molar-refractivity contribution in [2.24, 2.45) is 5.73 Å². The summed E-state index contributed by atoms with van der Waals surface area (Å²) in [5.41, 5.74) is 4.98. The molecule has 0 aromatic heterocycles. The van der Waals surface area contributed by atoms with Gasteiger partial charge in [0, 0.05) is 5.57 Å². The van der Waals surface area contributed by atoms with Gasteiger partial charge in [-0.05, 0) is 19.4 Å². The fourth-order valence-electron chi connectivity index (χ4n) is 0.516. The molecule has 15 heavy (non-hydrogen) atoms. The number of hydrogen-bond acceptors (Lipinski definition) is 4. The molecule has 0 saturated carbocycles. The zero-order chi connectivity index (χ0) is 12.3. The van der Waals surface area contributed by atoms with Crippen LogP contribution in [0, 0.1) is 0 Å². The number of amides is 1. The van der Waals surface area contributed by atoms with Gasteiger partial charge in [0.25, 0.3) is 0 Å². The van der Waals surface area contributed by atoms with Gasteiger partial charge >= 0.3 is 5.97 Å². The Labute approximate surface area is 89.2 Å². The summed E-state index contributed by atoms with van der Waals surface area (Å²) in [7, 11) is 0. The summed E-state index contributed by atoms with van der Waals surface area (Å²) in [5, 5.41) is 7.91. The lowest BCUT2D eigenvalue weighted by Gasteiger charge is -1.93. The molecule has 0 bridgehead atoms. The minimum Gasteiger partial charge on any atom is -0.366 e. The van der Waals surface area contributed by atoms with E-state index in [-0.39, 0.29) is 0 Å². The van der Waals surface area contributed by atoms with Gasteiger partial charge < -0.3 is 5.73 Å². The van der Waals surface area contributed by atoms with Crippen LogP contribution in [-0.4, -0.2) is 17.1 Å². The van der Waals surface area contributed by atoms with Crippen molar-refractivity contribution in [1.29, 1.82) is 0 Å². The van der Waals surface area contributed by atoms with Gasteiger partial charge in [0.1, 0.15) is 0 Å². The van der Waals surface area contributed by atoms with Crippen molar-refractivity contribution in [1.82, 2.24) is 0 Å². The average molecular weight is 215 g/mol. The monoisotopic (exact) mass is 215 g/mol. The lowest BCUT2D eigenvalue weighted by Crippen LogP contribution is -2.04. The Morgan fingerprint density at radius 1 is 1.53 bits per heavy atom. The SMILES string of the molecule is C=CC(N)=O.CCCC=C(C)C(=O)OO. The summed E-state index contributed by atoms with van der Waals surface area (Å²) in [6, 6.07) is 0. The summed E-state index contributed by atoms with van der Waals surface area (Å²) in [4.78, 5) is 23.5. The van der Waals surface area contributed by atoms with Gasteiger partial charge in [-0.2, -0.15) is 5.26 Å². The Morgan fingerprint density at radius 2 is 2.00 bits per heavy atom. The molecule has 0 aromatic carbocycles. The predicted octanol–water partition coefficient (Wildman–Crippen LogP) is 1.41. The largest absolute Gasteiger partial charge is 0.368 e. The molecule has 86 valence electrons. The molecule has 0 saturated heterocycles. The van der Waals surface area contributed by atoms with E-state index < -0.39 is 11.9 Å². The summed E-state index contributed by atoms with van der Waals surface area (Å²) >= 11 is 0. The zero-order valence-electron chi connectivity index (χ0n) is 9.03. The molecule has 0 spiro atoms. The van der Waals surface area contributed by atoms with Crippen molar-refractivity contribution in [2.75, 3.05) is 0 Å². The van der Waals surface area contributed by atoms with Crippen LogP contribution < -0.4 is 5.73 Å². The highest BCUT2D eigenvalue weighted by Gasteiger charge is 2.02. The topological polar surface area (TPSA) is 89.6 Å². The maximum atomic E-state index is 10.5. The number of unbranched alkanes of at least 4 members (excludes halogenated alkanes) is 1. The zero-order valence-corrected chi connectivity index (χ0v) is 9.03. The van der Waals surface area contributed by atoms with Gasteiger partial charge in [0.2, 0.25) is 5.91 Å². The molecule has 0 aromatic rings. The molecule has 5 nitrogen and oxygen atoms in total. The summed E-state index contributed by atoms with van der Waals surface area (Å²) in [6.07, 6.45) is 4.61. The number of hydrogen-bond donors (Lipinski definition) is 2. The third-order valence-corrected chi connectivity index (χ3v) is 1.35. The fourth-order valence-corrected chi connectivity index (χ4v) is 0.516. The van der Waals surface area contributed by atoms with E-state index in [1.165, 1.54) is 0 Å². The molecule has 1 amide bonds. The molecular formula is C10H17NO4. The quantitative estimate of drug-likeness (QED) is 0.421. The molecular weight excluding hydrogens is 198 g/mol. The number of carbonyl (C=O) groups is 2. The van der Waals surface area contributed by atoms with Crippen LogP contribution >= 0.6 is 0 Å². The Balaban J connectivity index is 0. The number of allylic oxidation sites excluding steroid dienone is 1. The normalized spacial score (nSPS) is 9.67. The standard InChI is InChI=1S/C7H12O3.C3H5NO/c1-3-4-5-6(2)7(8)10-9;1-2-3(4)5/h5,9H,3-4H2,1-2H3;2H,1H2,(H2,4,5). The van der Waals surface area contributed by atoms with Gasteiger partial charge in [0.15, 0.2) is 0 Å². The molecule has 0 atom stereocenters. The first-order valence-electron chi connectivity index (χ1n) is 4.43. The number of carbonyl (C=O) groups excluding carboxylic acids is 2. The number of primary amides is 1. The molecule has 0 radical (unpaired) electrons. The van der Waals surface area contributed by atoms with Gasteiger partial charge in [0.05, 0.1) is 0 Å². The Hall–Kier alpha value is -1.62. The Kier molecular flexibility index (Phi) is 11.0. The van der Waals surface area contributed by atoms with Crippen molar-refractivity contribution < 1.29 is 19.7 Å². The molecule has 0 unspecified atom stereocenters. The van der Waals surface area contributed by atoms with E-state index in [9.17, 15) is 9.59 Å². The highest BCUT2D eigenvalue weighted by molar-refractivity contribution is 5.87. The lowest BCUT2D eigenvalue weighted by molar-refractivity contribution is -0.229. The minimum atomic E-state index is -0.673. The first-order chi connectivity index (χ1) is 6.99. The smallest absolute Gasteiger partial charge is 0.366 e. The maximum Gasteiger partial charge on any atom is 0.368 e. The van der Waals surface area contributed by atoms with E-state index in [1.807, 2.05) is 6.92 Å². The Bertz CT molecular complexity index is 246. The molecule has 0 aliphatic heterocycles. The third-order valence-electron chi connectivity index (χ3n) is 1.35. The van der Waals surface area contributed by atoms with Crippen molar-refractivity contribution in [3.05, 3.63) is 24.3 Å². The molecule has 0 aliphatic carbocycles. The second-order valence-corrected chi connectivity index (χ2v) is 2.66. The molecule has 0 heterocycles. The highest BCUT2D eigenvalue weighted by atomic mass is 17.1. The maximum absolute atomic E-state index is 10.5. The molecule has 0 aliphatic rings. The Morgan fingerprint density at radius 3 is 2.27 bits per heavy atom. The first kappa shape index (κ1) is 15.8. The van der Waals surface area contributed by atoms with E-state index >= 15 is 0 Å². The van der Waals surface area contributed by atoms with Crippen LogP contribution in [0.2, 0.25) is 0 Å². The van der Waals surface area contributed by atoms with Gasteiger partial charge in [-0.3, -0.25) is 9.68 Å². The van der Waals surface area contributed by atoms with Crippen LogP contribution in [-0.2, 0) is 14.5 Å². The van der Waals surface area contributed by atoms with Gasteiger partial charge in [-0.15, -0.1) is 0 Å². The average Bonchev–Trinajstić information content (AvgIpc) is 2.25. The van der Waals surface area contributed by atoms with Crippen LogP contribution in [0.5, 0.6) is 0 Å². The van der Waals surface area contributed by atoms with E-state index in [1.54, 1.807) is 13.0 Å². The van der Waals surface area contributed by atoms with Crippen molar-refractivity contribution >= 4 is 11.9 Å². The molecule has 5 heteroatoms. The summed E-state index contributed by atoms with van der Waals surface area (Å²) < 4.78 is 0. The molecule has 0 rings (SSSR count). The third kappa shape index (κ3) is 12.4. The fraction of sp³-hybridized carbons (Fsp3) is 0.400. The second kappa shape index (κ2) is 10.5.